The van der Waals surface area contributed by atoms with Gasteiger partial charge in [0.2, 0.25) is 5.91 Å². The molecule has 160 valence electrons. The van der Waals surface area contributed by atoms with Crippen molar-refractivity contribution in [3.8, 4) is 0 Å². The van der Waals surface area contributed by atoms with Gasteiger partial charge in [0, 0.05) is 38.4 Å². The van der Waals surface area contributed by atoms with Crippen LogP contribution in [0.3, 0.4) is 0 Å². The first kappa shape index (κ1) is 22.2. The average molecular weight is 443 g/mol. The lowest BCUT2D eigenvalue weighted by molar-refractivity contribution is -0.139. The zero-order valence-corrected chi connectivity index (χ0v) is 18.1. The third kappa shape index (κ3) is 5.75. The van der Waals surface area contributed by atoms with Gasteiger partial charge in [-0.2, -0.15) is 0 Å². The van der Waals surface area contributed by atoms with Gasteiger partial charge in [-0.1, -0.05) is 23.2 Å². The van der Waals surface area contributed by atoms with Crippen LogP contribution in [0.1, 0.15) is 26.2 Å². The normalized spacial score (nSPS) is 21.5. The maximum absolute atomic E-state index is 12.7. The first-order valence-electron chi connectivity index (χ1n) is 10.1. The molecule has 2 aliphatic heterocycles. The number of likely N-dealkylation sites (tertiary alicyclic amines) is 1. The Morgan fingerprint density at radius 3 is 2.55 bits per heavy atom. The van der Waals surface area contributed by atoms with Gasteiger partial charge in [-0.15, -0.1) is 0 Å². The summed E-state index contributed by atoms with van der Waals surface area (Å²) in [6.07, 6.45) is 2.37. The van der Waals surface area contributed by atoms with Gasteiger partial charge in [0.25, 0.3) is 0 Å². The van der Waals surface area contributed by atoms with Gasteiger partial charge in [0.15, 0.2) is 0 Å². The van der Waals surface area contributed by atoms with E-state index in [0.29, 0.717) is 35.4 Å². The van der Waals surface area contributed by atoms with Crippen LogP contribution in [0, 0.1) is 0 Å². The molecule has 9 heteroatoms. The molecule has 29 heavy (non-hydrogen) atoms. The van der Waals surface area contributed by atoms with Crippen molar-refractivity contribution in [2.24, 2.45) is 0 Å². The summed E-state index contributed by atoms with van der Waals surface area (Å²) in [6, 6.07) is 4.04. The van der Waals surface area contributed by atoms with Gasteiger partial charge in [0.1, 0.15) is 6.04 Å². The third-order valence-electron chi connectivity index (χ3n) is 5.64. The van der Waals surface area contributed by atoms with Crippen molar-refractivity contribution in [1.82, 2.24) is 14.7 Å². The molecule has 2 aliphatic rings. The van der Waals surface area contributed by atoms with Gasteiger partial charge in [0.05, 0.1) is 16.1 Å². The highest BCUT2D eigenvalue weighted by Gasteiger charge is 2.34. The van der Waals surface area contributed by atoms with E-state index in [1.807, 2.05) is 4.90 Å². The summed E-state index contributed by atoms with van der Waals surface area (Å²) in [7, 11) is 0. The smallest absolute Gasteiger partial charge is 0.322 e. The van der Waals surface area contributed by atoms with E-state index in [9.17, 15) is 14.7 Å². The van der Waals surface area contributed by atoms with Crippen LogP contribution in [-0.2, 0) is 4.79 Å². The number of piperazine rings is 1. The van der Waals surface area contributed by atoms with Crippen molar-refractivity contribution in [2.45, 2.75) is 38.3 Å². The quantitative estimate of drug-likeness (QED) is 0.734. The lowest BCUT2D eigenvalue weighted by Crippen LogP contribution is -2.58. The molecule has 0 spiro atoms. The highest BCUT2D eigenvalue weighted by atomic mass is 35.5. The van der Waals surface area contributed by atoms with Gasteiger partial charge in [-0.25, -0.2) is 4.79 Å². The molecule has 0 aliphatic carbocycles. The molecule has 2 heterocycles. The number of hydrogen-bond donors (Lipinski definition) is 2. The van der Waals surface area contributed by atoms with Crippen LogP contribution in [0.4, 0.5) is 10.5 Å². The summed E-state index contributed by atoms with van der Waals surface area (Å²) in [5.41, 5.74) is 0.540. The summed E-state index contributed by atoms with van der Waals surface area (Å²) in [5, 5.41) is 13.1. The number of amides is 3. The predicted molar refractivity (Wildman–Crippen MR) is 115 cm³/mol. The van der Waals surface area contributed by atoms with Crippen molar-refractivity contribution in [3.63, 3.8) is 0 Å². The van der Waals surface area contributed by atoms with E-state index in [0.717, 1.165) is 38.9 Å². The molecule has 2 fully saturated rings. The van der Waals surface area contributed by atoms with Gasteiger partial charge in [-0.3, -0.25) is 4.79 Å². The molecule has 3 amide bonds. The monoisotopic (exact) mass is 442 g/mol. The molecule has 2 saturated heterocycles. The molecule has 0 saturated carbocycles. The van der Waals surface area contributed by atoms with Crippen LogP contribution in [0.2, 0.25) is 10.0 Å². The Balaban J connectivity index is 1.47. The average Bonchev–Trinajstić information content (AvgIpc) is 2.69. The minimum absolute atomic E-state index is 0.0328. The van der Waals surface area contributed by atoms with E-state index < -0.39 is 6.04 Å². The summed E-state index contributed by atoms with van der Waals surface area (Å²) in [4.78, 5) is 31.1. The van der Waals surface area contributed by atoms with E-state index in [1.54, 1.807) is 30.0 Å². The van der Waals surface area contributed by atoms with Crippen molar-refractivity contribution in [1.29, 1.82) is 0 Å². The van der Waals surface area contributed by atoms with Crippen LogP contribution >= 0.6 is 23.2 Å². The lowest BCUT2D eigenvalue weighted by Gasteiger charge is -2.39. The second kappa shape index (κ2) is 9.98. The van der Waals surface area contributed by atoms with Gasteiger partial charge >= 0.3 is 6.03 Å². The fourth-order valence-electron chi connectivity index (χ4n) is 3.83. The van der Waals surface area contributed by atoms with Gasteiger partial charge in [-0.05, 0) is 50.9 Å². The Morgan fingerprint density at radius 1 is 1.14 bits per heavy atom. The Bertz CT molecular complexity index is 740. The molecule has 3 rings (SSSR count). The largest absolute Gasteiger partial charge is 0.393 e. The number of carbonyl (C=O) groups excluding carboxylic acids is 2. The molecule has 0 unspecified atom stereocenters. The highest BCUT2D eigenvalue weighted by Crippen LogP contribution is 2.25. The topological polar surface area (TPSA) is 76.1 Å². The number of hydrogen-bond acceptors (Lipinski definition) is 4. The van der Waals surface area contributed by atoms with E-state index >= 15 is 0 Å². The number of nitrogens with one attached hydrogen (secondary N) is 1. The van der Waals surface area contributed by atoms with E-state index in [1.165, 1.54) is 0 Å². The number of halogens is 2. The first-order valence-corrected chi connectivity index (χ1v) is 10.8. The molecule has 0 radical (unpaired) electrons. The molecule has 0 bridgehead atoms. The second-order valence-electron chi connectivity index (χ2n) is 7.68. The number of anilines is 1. The van der Waals surface area contributed by atoms with Crippen LogP contribution < -0.4 is 5.32 Å². The van der Waals surface area contributed by atoms with Crippen LogP contribution in [0.15, 0.2) is 18.2 Å². The molecule has 7 nitrogen and oxygen atoms in total. The van der Waals surface area contributed by atoms with Crippen molar-refractivity contribution in [3.05, 3.63) is 28.2 Å². The second-order valence-corrected chi connectivity index (χ2v) is 8.49. The fraction of sp³-hybridized carbons (Fsp3) is 0.600. The van der Waals surface area contributed by atoms with E-state index in [4.69, 9.17) is 23.2 Å². The first-order chi connectivity index (χ1) is 13.8. The number of aliphatic hydroxyl groups excluding tert-OH is 1. The summed E-state index contributed by atoms with van der Waals surface area (Å²) < 4.78 is 0. The number of carbonyl (C=O) groups is 2. The minimum Gasteiger partial charge on any atom is -0.393 e. The van der Waals surface area contributed by atoms with E-state index in [-0.39, 0.29) is 18.0 Å². The Labute approximate surface area is 181 Å². The molecule has 0 aromatic heterocycles. The summed E-state index contributed by atoms with van der Waals surface area (Å²) in [5.74, 6) is -0.0328. The Hall–Kier alpha value is -1.54. The molecule has 1 aromatic rings. The molecule has 2 N–H and O–H groups in total. The van der Waals surface area contributed by atoms with E-state index in [2.05, 4.69) is 10.2 Å². The number of nitrogens with zero attached hydrogens (tertiary/aromatic N) is 3. The summed E-state index contributed by atoms with van der Waals surface area (Å²) >= 11 is 11.9. The molecule has 1 atom stereocenters. The zero-order valence-electron chi connectivity index (χ0n) is 16.6. The maximum atomic E-state index is 12.7. The SMILES string of the molecule is C[C@H]1C(=O)N(CCCN2CCC(O)CC2)CCN1C(=O)Nc1ccc(Cl)c(Cl)c1. The van der Waals surface area contributed by atoms with Crippen LogP contribution in [0.5, 0.6) is 0 Å². The highest BCUT2D eigenvalue weighted by molar-refractivity contribution is 6.42. The molecular weight excluding hydrogens is 415 g/mol. The molecular formula is C20H28Cl2N4O3. The zero-order chi connectivity index (χ0) is 21.0. The Morgan fingerprint density at radius 2 is 1.86 bits per heavy atom. The fourth-order valence-corrected chi connectivity index (χ4v) is 4.12. The van der Waals surface area contributed by atoms with Crippen molar-refractivity contribution < 1.29 is 14.7 Å². The van der Waals surface area contributed by atoms with Crippen LogP contribution in [-0.4, -0.2) is 83.2 Å². The summed E-state index contributed by atoms with van der Waals surface area (Å²) in [6.45, 7) is 6.20. The number of benzene rings is 1. The molecule has 1 aromatic carbocycles. The number of aliphatic hydroxyl groups is 1. The standard InChI is InChI=1S/C20H28Cl2N4O3/c1-14-19(28)25(8-2-7-24-9-5-16(27)6-10-24)11-12-26(14)20(29)23-15-3-4-17(21)18(22)13-15/h3-4,13-14,16,27H,2,5-12H2,1H3,(H,23,29)/t14-/m0/s1. The van der Waals surface area contributed by atoms with Crippen molar-refractivity contribution >= 4 is 40.8 Å². The van der Waals surface area contributed by atoms with Gasteiger partial charge < -0.3 is 25.1 Å². The number of urea groups is 1. The number of piperidine rings is 1. The third-order valence-corrected chi connectivity index (χ3v) is 6.38. The number of rotatable bonds is 5. The Kier molecular flexibility index (Phi) is 7.62. The maximum Gasteiger partial charge on any atom is 0.322 e. The minimum atomic E-state index is -0.517. The lowest BCUT2D eigenvalue weighted by atomic mass is 10.1. The van der Waals surface area contributed by atoms with Crippen LogP contribution in [0.25, 0.3) is 0 Å². The predicted octanol–water partition coefficient (Wildman–Crippen LogP) is 2.90. The van der Waals surface area contributed by atoms with Crippen molar-refractivity contribution in [2.75, 3.05) is 44.6 Å².